The van der Waals surface area contributed by atoms with E-state index in [2.05, 4.69) is 11.9 Å². The molecular formula is C30H31FN2O5S. The van der Waals surface area contributed by atoms with Gasteiger partial charge >= 0.3 is 0 Å². The Morgan fingerprint density at radius 2 is 1.74 bits per heavy atom. The van der Waals surface area contributed by atoms with Gasteiger partial charge in [-0.15, -0.1) is 0 Å². The summed E-state index contributed by atoms with van der Waals surface area (Å²) in [4.78, 5) is 13.1. The number of unbranched alkanes of at least 4 members (excludes halogenated alkanes) is 1. The van der Waals surface area contributed by atoms with Crippen LogP contribution in [0.4, 0.5) is 10.1 Å². The fraction of sp³-hybridized carbons (Fsp3) is 0.233. The van der Waals surface area contributed by atoms with Crippen molar-refractivity contribution in [1.82, 2.24) is 5.32 Å². The van der Waals surface area contributed by atoms with Gasteiger partial charge in [0, 0.05) is 36.2 Å². The molecule has 0 spiro atoms. The zero-order chi connectivity index (χ0) is 28.2. The molecule has 1 amide bonds. The van der Waals surface area contributed by atoms with Gasteiger partial charge in [0.05, 0.1) is 29.9 Å². The first-order valence-corrected chi connectivity index (χ1v) is 14.3. The quantitative estimate of drug-likeness (QED) is 0.173. The Morgan fingerprint density at radius 1 is 1.05 bits per heavy atom. The molecular weight excluding hydrogens is 519 g/mol. The minimum absolute atomic E-state index is 0.220. The van der Waals surface area contributed by atoms with Gasteiger partial charge in [0.15, 0.2) is 0 Å². The van der Waals surface area contributed by atoms with Crippen molar-refractivity contribution >= 4 is 32.6 Å². The molecule has 0 aliphatic heterocycles. The number of carbonyl (C=O) groups is 1. The van der Waals surface area contributed by atoms with Crippen molar-refractivity contribution in [3.63, 3.8) is 0 Å². The first kappa shape index (κ1) is 27.9. The van der Waals surface area contributed by atoms with Crippen LogP contribution in [0.3, 0.4) is 0 Å². The van der Waals surface area contributed by atoms with E-state index in [-0.39, 0.29) is 23.8 Å². The van der Waals surface area contributed by atoms with E-state index in [0.717, 1.165) is 5.56 Å². The Hall–Kier alpha value is -4.11. The summed E-state index contributed by atoms with van der Waals surface area (Å²) in [5.41, 5.74) is 2.98. The van der Waals surface area contributed by atoms with Crippen molar-refractivity contribution in [2.45, 2.75) is 19.8 Å². The Bertz CT molecular complexity index is 1600. The van der Waals surface area contributed by atoms with Crippen LogP contribution in [0.25, 0.3) is 33.4 Å². The molecule has 0 radical (unpaired) electrons. The molecule has 39 heavy (non-hydrogen) atoms. The van der Waals surface area contributed by atoms with Crippen molar-refractivity contribution in [3.05, 3.63) is 90.4 Å². The summed E-state index contributed by atoms with van der Waals surface area (Å²) in [6.07, 6.45) is 2.35. The number of anilines is 1. The number of ether oxygens (including phenoxy) is 1. The smallest absolute Gasteiger partial charge is 0.255 e. The highest BCUT2D eigenvalue weighted by Crippen LogP contribution is 2.41. The molecule has 0 fully saturated rings. The summed E-state index contributed by atoms with van der Waals surface area (Å²) in [6.45, 7) is 6.14. The van der Waals surface area contributed by atoms with Gasteiger partial charge < -0.3 is 14.5 Å². The van der Waals surface area contributed by atoms with Crippen LogP contribution in [0, 0.1) is 5.82 Å². The van der Waals surface area contributed by atoms with E-state index >= 15 is 0 Å². The van der Waals surface area contributed by atoms with Crippen LogP contribution in [0.5, 0.6) is 0 Å². The first-order valence-electron chi connectivity index (χ1n) is 12.5. The van der Waals surface area contributed by atoms with E-state index in [4.69, 9.17) is 9.15 Å². The molecule has 1 aromatic heterocycles. The maximum absolute atomic E-state index is 13.6. The SMILES string of the molecule is C=C(C)OCCCCN(c1cc2oc(-c3ccc(F)cc3)c(C(=O)NC)c2cc1-c1ccccc1)S(C)(=O)=O. The minimum Gasteiger partial charge on any atom is -0.499 e. The van der Waals surface area contributed by atoms with E-state index in [1.54, 1.807) is 19.1 Å². The number of rotatable bonds is 11. The van der Waals surface area contributed by atoms with Crippen molar-refractivity contribution in [3.8, 4) is 22.5 Å². The van der Waals surface area contributed by atoms with Crippen molar-refractivity contribution in [2.75, 3.05) is 30.8 Å². The second kappa shape index (κ2) is 11.7. The van der Waals surface area contributed by atoms with Crippen LogP contribution in [-0.2, 0) is 14.8 Å². The zero-order valence-corrected chi connectivity index (χ0v) is 23.0. The average Bonchev–Trinajstić information content (AvgIpc) is 3.28. The predicted molar refractivity (Wildman–Crippen MR) is 153 cm³/mol. The molecule has 9 heteroatoms. The maximum Gasteiger partial charge on any atom is 0.255 e. The molecule has 1 N–H and O–H groups in total. The number of carbonyl (C=O) groups excluding carboxylic acids is 1. The largest absolute Gasteiger partial charge is 0.499 e. The molecule has 0 aliphatic rings. The lowest BCUT2D eigenvalue weighted by Crippen LogP contribution is -2.31. The van der Waals surface area contributed by atoms with Gasteiger partial charge in [-0.1, -0.05) is 36.9 Å². The summed E-state index contributed by atoms with van der Waals surface area (Å²) < 4.78 is 52.7. The summed E-state index contributed by atoms with van der Waals surface area (Å²) in [5, 5.41) is 3.17. The number of nitrogens with zero attached hydrogens (tertiary/aromatic N) is 1. The maximum atomic E-state index is 13.6. The summed E-state index contributed by atoms with van der Waals surface area (Å²) in [6, 6.07) is 18.5. The number of nitrogens with one attached hydrogen (secondary N) is 1. The van der Waals surface area contributed by atoms with Gasteiger partial charge in [0.1, 0.15) is 17.2 Å². The third kappa shape index (κ3) is 6.31. The van der Waals surface area contributed by atoms with E-state index in [0.29, 0.717) is 53.0 Å². The second-order valence-corrected chi connectivity index (χ2v) is 11.1. The minimum atomic E-state index is -3.69. The lowest BCUT2D eigenvalue weighted by Gasteiger charge is -2.25. The zero-order valence-electron chi connectivity index (χ0n) is 22.2. The van der Waals surface area contributed by atoms with Crippen molar-refractivity contribution < 1.29 is 26.8 Å². The fourth-order valence-electron chi connectivity index (χ4n) is 4.41. The molecule has 0 aliphatic carbocycles. The van der Waals surface area contributed by atoms with Gasteiger partial charge in [-0.2, -0.15) is 0 Å². The number of furan rings is 1. The molecule has 0 saturated heterocycles. The van der Waals surface area contributed by atoms with E-state index < -0.39 is 15.8 Å². The summed E-state index contributed by atoms with van der Waals surface area (Å²) in [7, 11) is -2.17. The lowest BCUT2D eigenvalue weighted by molar-refractivity contribution is 0.0964. The monoisotopic (exact) mass is 550 g/mol. The highest BCUT2D eigenvalue weighted by Gasteiger charge is 2.27. The number of benzene rings is 3. The molecule has 4 rings (SSSR count). The molecule has 1 heterocycles. The van der Waals surface area contributed by atoms with Gasteiger partial charge in [-0.3, -0.25) is 9.10 Å². The average molecular weight is 551 g/mol. The molecule has 7 nitrogen and oxygen atoms in total. The number of hydrogen-bond donors (Lipinski definition) is 1. The molecule has 0 bridgehead atoms. The molecule has 4 aromatic rings. The van der Waals surface area contributed by atoms with Crippen LogP contribution in [-0.4, -0.2) is 40.8 Å². The number of sulfonamides is 1. The fourth-order valence-corrected chi connectivity index (χ4v) is 5.38. The second-order valence-electron chi connectivity index (χ2n) is 9.22. The summed E-state index contributed by atoms with van der Waals surface area (Å²) in [5.74, 6) is 0.0802. The Labute approximate surface area is 227 Å². The Kier molecular flexibility index (Phi) is 8.40. The van der Waals surface area contributed by atoms with Crippen LogP contribution in [0.15, 0.2) is 83.5 Å². The third-order valence-corrected chi connectivity index (χ3v) is 7.40. The number of amides is 1. The lowest BCUT2D eigenvalue weighted by atomic mass is 9.98. The van der Waals surface area contributed by atoms with Gasteiger partial charge in [0.25, 0.3) is 5.91 Å². The van der Waals surface area contributed by atoms with Gasteiger partial charge in [0.2, 0.25) is 10.0 Å². The highest BCUT2D eigenvalue weighted by molar-refractivity contribution is 7.92. The third-order valence-electron chi connectivity index (χ3n) is 6.22. The number of hydrogen-bond acceptors (Lipinski definition) is 5. The summed E-state index contributed by atoms with van der Waals surface area (Å²) >= 11 is 0. The van der Waals surface area contributed by atoms with E-state index in [1.807, 2.05) is 30.3 Å². The number of halogens is 1. The molecule has 0 unspecified atom stereocenters. The first-order chi connectivity index (χ1) is 18.6. The molecule has 204 valence electrons. The van der Waals surface area contributed by atoms with Crippen molar-refractivity contribution in [2.24, 2.45) is 0 Å². The van der Waals surface area contributed by atoms with Crippen LogP contribution in [0.2, 0.25) is 0 Å². The van der Waals surface area contributed by atoms with Crippen LogP contribution >= 0.6 is 0 Å². The number of fused-ring (bicyclic) bond motifs is 1. The molecule has 0 saturated carbocycles. The Balaban J connectivity index is 1.92. The van der Waals surface area contributed by atoms with Crippen LogP contribution in [0.1, 0.15) is 30.1 Å². The Morgan fingerprint density at radius 3 is 2.36 bits per heavy atom. The number of allylic oxidation sites excluding steroid dienone is 1. The molecule has 0 atom stereocenters. The molecule has 3 aromatic carbocycles. The van der Waals surface area contributed by atoms with Crippen molar-refractivity contribution in [1.29, 1.82) is 0 Å². The normalized spacial score (nSPS) is 11.4. The van der Waals surface area contributed by atoms with Gasteiger partial charge in [-0.05, 0) is 55.7 Å². The van der Waals surface area contributed by atoms with Crippen LogP contribution < -0.4 is 9.62 Å². The standard InChI is InChI=1S/C30H31FN2O5S/c1-20(2)37-17-9-8-16-33(39(4,35)36)26-19-27-25(18-24(26)21-10-6-5-7-11-21)28(30(34)32-3)29(38-27)22-12-14-23(31)15-13-22/h5-7,10-15,18-19H,1,8-9,16-17H2,2-4H3,(H,32,34). The van der Waals surface area contributed by atoms with Gasteiger partial charge in [-0.25, -0.2) is 12.8 Å². The topological polar surface area (TPSA) is 88.8 Å². The highest BCUT2D eigenvalue weighted by atomic mass is 32.2. The van der Waals surface area contributed by atoms with E-state index in [9.17, 15) is 17.6 Å². The van der Waals surface area contributed by atoms with E-state index in [1.165, 1.54) is 41.9 Å². The predicted octanol–water partition coefficient (Wildman–Crippen LogP) is 6.36.